The predicted molar refractivity (Wildman–Crippen MR) is 104 cm³/mol. The molecule has 2 aromatic heterocycles. The number of hydrogen-bond donors (Lipinski definition) is 1. The average molecular weight is 387 g/mol. The number of nitrogens with zero attached hydrogens (tertiary/aromatic N) is 3. The van der Waals surface area contributed by atoms with Crippen molar-refractivity contribution in [3.8, 4) is 5.88 Å². The first-order valence-electron chi connectivity index (χ1n) is 9.89. The highest BCUT2D eigenvalue weighted by atomic mass is 16.5. The van der Waals surface area contributed by atoms with Gasteiger partial charge in [-0.2, -0.15) is 0 Å². The molecule has 2 aromatic rings. The van der Waals surface area contributed by atoms with Crippen molar-refractivity contribution in [3.05, 3.63) is 41.2 Å². The fourth-order valence-electron chi connectivity index (χ4n) is 3.75. The van der Waals surface area contributed by atoms with Crippen LogP contribution in [0.25, 0.3) is 0 Å². The highest BCUT2D eigenvalue weighted by Gasteiger charge is 2.32. The fourth-order valence-corrected chi connectivity index (χ4v) is 3.75. The Labute approximate surface area is 165 Å². The molecule has 152 valence electrons. The first kappa shape index (κ1) is 20.3. The standard InChI is InChI=1S/C21H29N3O4/c1-5-27-19-16(10-8-11-22-19)20(25)24-12-7-6-9-15(24)13-17-23-18(14(2)28-17)21(3,4)26/h8,10-11,15,26H,5-7,9,12-13H2,1-4H3/t15-/m1/s1. The number of amides is 1. The molecule has 0 bridgehead atoms. The summed E-state index contributed by atoms with van der Waals surface area (Å²) < 4.78 is 11.3. The van der Waals surface area contributed by atoms with E-state index in [2.05, 4.69) is 9.97 Å². The van der Waals surface area contributed by atoms with Crippen molar-refractivity contribution in [1.29, 1.82) is 0 Å². The lowest BCUT2D eigenvalue weighted by Gasteiger charge is -2.35. The van der Waals surface area contributed by atoms with E-state index < -0.39 is 5.60 Å². The lowest BCUT2D eigenvalue weighted by molar-refractivity contribution is 0.0599. The minimum absolute atomic E-state index is 0.0105. The van der Waals surface area contributed by atoms with Crippen molar-refractivity contribution < 1.29 is 19.1 Å². The molecule has 28 heavy (non-hydrogen) atoms. The number of hydrogen-bond acceptors (Lipinski definition) is 6. The topological polar surface area (TPSA) is 88.7 Å². The Kier molecular flexibility index (Phi) is 6.03. The number of aryl methyl sites for hydroxylation is 1. The number of ether oxygens (including phenoxy) is 1. The van der Waals surface area contributed by atoms with Crippen molar-refractivity contribution in [2.75, 3.05) is 13.2 Å². The number of aromatic nitrogens is 2. The zero-order chi connectivity index (χ0) is 20.3. The molecule has 0 spiro atoms. The fraction of sp³-hybridized carbons (Fsp3) is 0.571. The summed E-state index contributed by atoms with van der Waals surface area (Å²) >= 11 is 0. The molecule has 3 rings (SSSR count). The quantitative estimate of drug-likeness (QED) is 0.819. The van der Waals surface area contributed by atoms with Crippen LogP contribution in [0.4, 0.5) is 0 Å². The van der Waals surface area contributed by atoms with Gasteiger partial charge in [0.2, 0.25) is 5.88 Å². The highest BCUT2D eigenvalue weighted by Crippen LogP contribution is 2.28. The lowest BCUT2D eigenvalue weighted by atomic mass is 9.98. The molecular weight excluding hydrogens is 358 g/mol. The summed E-state index contributed by atoms with van der Waals surface area (Å²) in [6.07, 6.45) is 5.05. The zero-order valence-electron chi connectivity index (χ0n) is 17.1. The SMILES string of the molecule is CCOc1ncccc1C(=O)N1CCCC[C@@H]1Cc1nc(C(C)(C)O)c(C)o1. The number of pyridine rings is 1. The number of piperidine rings is 1. The minimum atomic E-state index is -1.06. The van der Waals surface area contributed by atoms with Crippen LogP contribution in [0.5, 0.6) is 5.88 Å². The molecule has 7 heteroatoms. The van der Waals surface area contributed by atoms with E-state index in [0.717, 1.165) is 19.3 Å². The number of likely N-dealkylation sites (tertiary alicyclic amines) is 1. The van der Waals surface area contributed by atoms with E-state index in [9.17, 15) is 9.90 Å². The van der Waals surface area contributed by atoms with Gasteiger partial charge in [0, 0.05) is 25.2 Å². The van der Waals surface area contributed by atoms with Gasteiger partial charge in [0.15, 0.2) is 5.89 Å². The van der Waals surface area contributed by atoms with E-state index in [1.165, 1.54) is 0 Å². The van der Waals surface area contributed by atoms with Gasteiger partial charge in [-0.15, -0.1) is 0 Å². The summed E-state index contributed by atoms with van der Waals surface area (Å²) in [5.41, 5.74) is -0.0326. The van der Waals surface area contributed by atoms with Gasteiger partial charge in [-0.25, -0.2) is 9.97 Å². The first-order chi connectivity index (χ1) is 13.3. The predicted octanol–water partition coefficient (Wildman–Crippen LogP) is 3.24. The Bertz CT molecular complexity index is 825. The van der Waals surface area contributed by atoms with Crippen LogP contribution in [0.1, 0.15) is 67.7 Å². The number of oxazole rings is 1. The first-order valence-corrected chi connectivity index (χ1v) is 9.89. The van der Waals surface area contributed by atoms with Crippen LogP contribution in [0.3, 0.4) is 0 Å². The largest absolute Gasteiger partial charge is 0.477 e. The highest BCUT2D eigenvalue weighted by molar-refractivity contribution is 5.96. The van der Waals surface area contributed by atoms with E-state index in [4.69, 9.17) is 9.15 Å². The number of aliphatic hydroxyl groups is 1. The lowest BCUT2D eigenvalue weighted by Crippen LogP contribution is -2.45. The molecule has 1 aliphatic heterocycles. The summed E-state index contributed by atoms with van der Waals surface area (Å²) in [5.74, 6) is 1.46. The number of carbonyl (C=O) groups is 1. The Morgan fingerprint density at radius 2 is 2.21 bits per heavy atom. The van der Waals surface area contributed by atoms with E-state index in [0.29, 0.717) is 48.4 Å². The molecular formula is C21H29N3O4. The third-order valence-corrected chi connectivity index (χ3v) is 5.00. The van der Waals surface area contributed by atoms with Crippen molar-refractivity contribution in [2.45, 2.75) is 65.0 Å². The van der Waals surface area contributed by atoms with Crippen molar-refractivity contribution in [2.24, 2.45) is 0 Å². The molecule has 0 aromatic carbocycles. The Morgan fingerprint density at radius 1 is 1.43 bits per heavy atom. The van der Waals surface area contributed by atoms with Gasteiger partial charge < -0.3 is 19.2 Å². The molecule has 0 unspecified atom stereocenters. The summed E-state index contributed by atoms with van der Waals surface area (Å²) in [6, 6.07) is 3.50. The van der Waals surface area contributed by atoms with Crippen LogP contribution in [0.15, 0.2) is 22.7 Å². The van der Waals surface area contributed by atoms with Crippen LogP contribution in [-0.2, 0) is 12.0 Å². The average Bonchev–Trinajstić information content (AvgIpc) is 3.03. The Balaban J connectivity index is 1.82. The summed E-state index contributed by atoms with van der Waals surface area (Å²) in [5, 5.41) is 10.3. The number of carbonyl (C=O) groups excluding carboxylic acids is 1. The molecule has 1 N–H and O–H groups in total. The van der Waals surface area contributed by atoms with Crippen LogP contribution >= 0.6 is 0 Å². The van der Waals surface area contributed by atoms with Gasteiger partial charge in [0.25, 0.3) is 5.91 Å². The van der Waals surface area contributed by atoms with Crippen LogP contribution in [0.2, 0.25) is 0 Å². The van der Waals surface area contributed by atoms with Crippen molar-refractivity contribution >= 4 is 5.91 Å². The second-order valence-electron chi connectivity index (χ2n) is 7.71. The van der Waals surface area contributed by atoms with Gasteiger partial charge in [0.05, 0.1) is 6.61 Å². The third kappa shape index (κ3) is 4.35. The van der Waals surface area contributed by atoms with Gasteiger partial charge >= 0.3 is 0 Å². The normalized spacial score (nSPS) is 17.6. The van der Waals surface area contributed by atoms with Crippen molar-refractivity contribution in [3.63, 3.8) is 0 Å². The van der Waals surface area contributed by atoms with Gasteiger partial charge in [0.1, 0.15) is 22.6 Å². The zero-order valence-corrected chi connectivity index (χ0v) is 17.1. The maximum absolute atomic E-state index is 13.2. The maximum atomic E-state index is 13.2. The summed E-state index contributed by atoms with van der Waals surface area (Å²) in [4.78, 5) is 23.8. The molecule has 1 amide bonds. The second kappa shape index (κ2) is 8.31. The monoisotopic (exact) mass is 387 g/mol. The van der Waals surface area contributed by atoms with Gasteiger partial charge in [-0.3, -0.25) is 4.79 Å². The van der Waals surface area contributed by atoms with Crippen LogP contribution < -0.4 is 4.74 Å². The van der Waals surface area contributed by atoms with Gasteiger partial charge in [-0.05, 0) is 59.1 Å². The number of rotatable bonds is 6. The molecule has 3 heterocycles. The molecule has 7 nitrogen and oxygen atoms in total. The van der Waals surface area contributed by atoms with Crippen LogP contribution in [0, 0.1) is 6.92 Å². The smallest absolute Gasteiger partial charge is 0.259 e. The molecule has 1 saturated heterocycles. The van der Waals surface area contributed by atoms with Crippen LogP contribution in [-0.4, -0.2) is 45.1 Å². The summed E-state index contributed by atoms with van der Waals surface area (Å²) in [7, 11) is 0. The van der Waals surface area contributed by atoms with E-state index >= 15 is 0 Å². The molecule has 1 atom stereocenters. The van der Waals surface area contributed by atoms with Gasteiger partial charge in [-0.1, -0.05) is 0 Å². The minimum Gasteiger partial charge on any atom is -0.477 e. The van der Waals surface area contributed by atoms with Crippen molar-refractivity contribution in [1.82, 2.24) is 14.9 Å². The van der Waals surface area contributed by atoms with E-state index in [1.54, 1.807) is 39.1 Å². The van der Waals surface area contributed by atoms with E-state index in [1.807, 2.05) is 11.8 Å². The Hall–Kier alpha value is -2.41. The maximum Gasteiger partial charge on any atom is 0.259 e. The third-order valence-electron chi connectivity index (χ3n) is 5.00. The molecule has 0 radical (unpaired) electrons. The molecule has 1 fully saturated rings. The Morgan fingerprint density at radius 3 is 2.89 bits per heavy atom. The molecule has 0 aliphatic carbocycles. The molecule has 0 saturated carbocycles. The second-order valence-corrected chi connectivity index (χ2v) is 7.71. The molecule has 1 aliphatic rings. The van der Waals surface area contributed by atoms with E-state index in [-0.39, 0.29) is 11.9 Å². The summed E-state index contributed by atoms with van der Waals surface area (Å²) in [6.45, 7) is 8.19.